The number of fused-ring (bicyclic) bond motifs is 1. The second-order valence-corrected chi connectivity index (χ2v) is 4.69. The Morgan fingerprint density at radius 1 is 1.50 bits per heavy atom. The van der Waals surface area contributed by atoms with Crippen LogP contribution in [0.15, 0.2) is 5.16 Å². The van der Waals surface area contributed by atoms with Crippen LogP contribution in [0, 0.1) is 0 Å². The third-order valence-corrected chi connectivity index (χ3v) is 3.95. The van der Waals surface area contributed by atoms with Gasteiger partial charge in [-0.2, -0.15) is 0 Å². The van der Waals surface area contributed by atoms with Crippen molar-refractivity contribution in [3.8, 4) is 0 Å². The molecule has 0 bridgehead atoms. The Balaban J connectivity index is 2.50. The van der Waals surface area contributed by atoms with Gasteiger partial charge in [0.25, 0.3) is 5.60 Å². The third kappa shape index (κ3) is 1.04. The molecule has 2 rings (SSSR count). The minimum absolute atomic E-state index is 0.320. The molecule has 16 heavy (non-hydrogen) atoms. The van der Waals surface area contributed by atoms with Gasteiger partial charge >= 0.3 is 5.97 Å². The first-order valence-electron chi connectivity index (χ1n) is 5.50. The molecular weight excluding hydrogens is 208 g/mol. The highest BCUT2D eigenvalue weighted by atomic mass is 16.7. The molecule has 5 nitrogen and oxygen atoms in total. The van der Waals surface area contributed by atoms with Crippen LogP contribution in [-0.4, -0.2) is 48.9 Å². The van der Waals surface area contributed by atoms with Crippen molar-refractivity contribution < 1.29 is 14.4 Å². The van der Waals surface area contributed by atoms with Crippen LogP contribution in [0.25, 0.3) is 0 Å². The van der Waals surface area contributed by atoms with Gasteiger partial charge in [-0.05, 0) is 33.9 Å². The normalized spacial score (nSPS) is 36.9. The monoisotopic (exact) mass is 226 g/mol. The molecule has 2 unspecified atom stereocenters. The van der Waals surface area contributed by atoms with E-state index in [4.69, 9.17) is 9.57 Å². The van der Waals surface area contributed by atoms with E-state index in [2.05, 4.69) is 5.16 Å². The summed E-state index contributed by atoms with van der Waals surface area (Å²) in [7, 11) is 5.31. The first-order valence-corrected chi connectivity index (χ1v) is 5.50. The zero-order valence-electron chi connectivity index (χ0n) is 10.2. The van der Waals surface area contributed by atoms with Gasteiger partial charge in [-0.15, -0.1) is 0 Å². The highest BCUT2D eigenvalue weighted by Crippen LogP contribution is 2.50. The van der Waals surface area contributed by atoms with Gasteiger partial charge in [0.2, 0.25) is 0 Å². The third-order valence-electron chi connectivity index (χ3n) is 3.95. The molecule has 5 heteroatoms. The molecule has 0 spiro atoms. The van der Waals surface area contributed by atoms with Crippen LogP contribution in [-0.2, 0) is 14.4 Å². The van der Waals surface area contributed by atoms with Gasteiger partial charge in [-0.1, -0.05) is 5.16 Å². The number of carbonyl (C=O) groups is 1. The molecule has 0 radical (unpaired) electrons. The van der Waals surface area contributed by atoms with Crippen molar-refractivity contribution in [2.45, 2.75) is 37.3 Å². The van der Waals surface area contributed by atoms with Crippen LogP contribution < -0.4 is 0 Å². The quantitative estimate of drug-likeness (QED) is 0.653. The molecule has 1 fully saturated rings. The topological polar surface area (TPSA) is 51.1 Å². The van der Waals surface area contributed by atoms with Crippen LogP contribution in [0.3, 0.4) is 0 Å². The highest BCUT2D eigenvalue weighted by molar-refractivity contribution is 6.01. The van der Waals surface area contributed by atoms with Gasteiger partial charge in [0, 0.05) is 6.42 Å². The summed E-state index contributed by atoms with van der Waals surface area (Å²) in [5, 5.41) is 4.03. The molecule has 2 aliphatic rings. The van der Waals surface area contributed by atoms with Gasteiger partial charge < -0.3 is 9.57 Å². The predicted molar refractivity (Wildman–Crippen MR) is 59.2 cm³/mol. The molecule has 0 aromatic heterocycles. The first kappa shape index (κ1) is 11.4. The Kier molecular flexibility index (Phi) is 2.45. The molecule has 2 atom stereocenters. The lowest BCUT2D eigenvalue weighted by Crippen LogP contribution is -2.64. The van der Waals surface area contributed by atoms with Crippen LogP contribution in [0.1, 0.15) is 26.2 Å². The predicted octanol–water partition coefficient (Wildman–Crippen LogP) is 0.789. The molecule has 90 valence electrons. The molecule has 0 aromatic carbocycles. The fraction of sp³-hybridized carbons (Fsp3) is 0.818. The van der Waals surface area contributed by atoms with E-state index in [0.29, 0.717) is 6.42 Å². The van der Waals surface area contributed by atoms with Crippen molar-refractivity contribution in [1.29, 1.82) is 0 Å². The Hall–Kier alpha value is -1.10. The fourth-order valence-corrected chi connectivity index (χ4v) is 3.20. The average molecular weight is 226 g/mol. The van der Waals surface area contributed by atoms with E-state index in [1.54, 1.807) is 0 Å². The summed E-state index contributed by atoms with van der Waals surface area (Å²) in [5.74, 6) is -0.320. The Labute approximate surface area is 95.4 Å². The van der Waals surface area contributed by atoms with Gasteiger partial charge in [-0.3, -0.25) is 4.90 Å². The molecule has 1 aliphatic heterocycles. The van der Waals surface area contributed by atoms with Crippen LogP contribution >= 0.6 is 0 Å². The fourth-order valence-electron chi connectivity index (χ4n) is 3.20. The van der Waals surface area contributed by atoms with Crippen molar-refractivity contribution >= 4 is 11.7 Å². The van der Waals surface area contributed by atoms with E-state index in [1.807, 2.05) is 25.9 Å². The zero-order valence-corrected chi connectivity index (χ0v) is 10.2. The molecule has 1 aliphatic carbocycles. The van der Waals surface area contributed by atoms with E-state index in [0.717, 1.165) is 18.6 Å². The number of rotatable bonds is 2. The number of hydrogen-bond acceptors (Lipinski definition) is 5. The molecule has 0 amide bonds. The van der Waals surface area contributed by atoms with Gasteiger partial charge in [0.05, 0.1) is 12.8 Å². The summed E-state index contributed by atoms with van der Waals surface area (Å²) >= 11 is 0. The summed E-state index contributed by atoms with van der Waals surface area (Å²) in [6.45, 7) is 1.91. The molecule has 0 N–H and O–H groups in total. The lowest BCUT2D eigenvalue weighted by atomic mass is 9.78. The number of hydrogen-bond donors (Lipinski definition) is 0. The van der Waals surface area contributed by atoms with Crippen molar-refractivity contribution in [3.05, 3.63) is 0 Å². The number of nitrogens with zero attached hydrogens (tertiary/aromatic N) is 2. The summed E-state index contributed by atoms with van der Waals surface area (Å²) in [4.78, 5) is 19.5. The van der Waals surface area contributed by atoms with Crippen molar-refractivity contribution in [1.82, 2.24) is 4.90 Å². The average Bonchev–Trinajstić information content (AvgIpc) is 2.76. The number of likely N-dealkylation sites (N-methyl/N-ethyl adjacent to an activating group) is 1. The highest BCUT2D eigenvalue weighted by Gasteiger charge is 2.69. The molecule has 1 heterocycles. The van der Waals surface area contributed by atoms with Gasteiger partial charge in [-0.25, -0.2) is 4.79 Å². The second kappa shape index (κ2) is 3.45. The Morgan fingerprint density at radius 3 is 2.75 bits per heavy atom. The summed E-state index contributed by atoms with van der Waals surface area (Å²) in [6.07, 6.45) is 2.49. The van der Waals surface area contributed by atoms with Crippen LogP contribution in [0.4, 0.5) is 0 Å². The SMILES string of the molecule is COC(=O)C12CCCC1(N(C)C)C(C)=NO2. The van der Waals surface area contributed by atoms with Gasteiger partial charge in [0.1, 0.15) is 5.54 Å². The maximum absolute atomic E-state index is 12.0. The molecule has 0 aromatic rings. The van der Waals surface area contributed by atoms with E-state index >= 15 is 0 Å². The van der Waals surface area contributed by atoms with E-state index in [9.17, 15) is 4.79 Å². The first-order chi connectivity index (χ1) is 7.51. The van der Waals surface area contributed by atoms with E-state index < -0.39 is 11.1 Å². The van der Waals surface area contributed by atoms with E-state index in [-0.39, 0.29) is 5.97 Å². The number of methoxy groups -OCH3 is 1. The minimum Gasteiger partial charge on any atom is -0.466 e. The summed E-state index contributed by atoms with van der Waals surface area (Å²) in [6, 6.07) is 0. The maximum Gasteiger partial charge on any atom is 0.355 e. The second-order valence-electron chi connectivity index (χ2n) is 4.69. The van der Waals surface area contributed by atoms with Crippen molar-refractivity contribution in [3.63, 3.8) is 0 Å². The minimum atomic E-state index is -0.935. The maximum atomic E-state index is 12.0. The van der Waals surface area contributed by atoms with Crippen LogP contribution in [0.5, 0.6) is 0 Å². The Morgan fingerprint density at radius 2 is 2.19 bits per heavy atom. The number of ether oxygens (including phenoxy) is 1. The lowest BCUT2D eigenvalue weighted by molar-refractivity contribution is -0.175. The molecule has 1 saturated carbocycles. The summed E-state index contributed by atoms with van der Waals surface area (Å²) < 4.78 is 4.90. The summed E-state index contributed by atoms with van der Waals surface area (Å²) in [5.41, 5.74) is -0.504. The Bertz CT molecular complexity index is 353. The number of oxime groups is 1. The number of esters is 1. The largest absolute Gasteiger partial charge is 0.466 e. The smallest absolute Gasteiger partial charge is 0.355 e. The van der Waals surface area contributed by atoms with Gasteiger partial charge in [0.15, 0.2) is 0 Å². The zero-order chi connectivity index (χ0) is 12.0. The molecular formula is C11H18N2O3. The van der Waals surface area contributed by atoms with Crippen molar-refractivity contribution in [2.75, 3.05) is 21.2 Å². The van der Waals surface area contributed by atoms with Crippen molar-refractivity contribution in [2.24, 2.45) is 5.16 Å². The standard InChI is InChI=1S/C11H18N2O3/c1-8-10(13(2)3)6-5-7-11(10,16-12-8)9(14)15-4/h5-7H2,1-4H3. The van der Waals surface area contributed by atoms with E-state index in [1.165, 1.54) is 7.11 Å². The molecule has 0 saturated heterocycles. The van der Waals surface area contributed by atoms with Crippen LogP contribution in [0.2, 0.25) is 0 Å². The number of carbonyl (C=O) groups excluding carboxylic acids is 1. The lowest BCUT2D eigenvalue weighted by Gasteiger charge is -2.40.